The molecule has 0 aliphatic carbocycles. The number of aromatic nitrogens is 4. The first-order valence-electron chi connectivity index (χ1n) is 10.3. The third-order valence-corrected chi connectivity index (χ3v) is 5.19. The summed E-state index contributed by atoms with van der Waals surface area (Å²) in [6.07, 6.45) is 5.67. The van der Waals surface area contributed by atoms with E-state index >= 15 is 0 Å². The van der Waals surface area contributed by atoms with Gasteiger partial charge in [-0.2, -0.15) is 10.2 Å². The van der Waals surface area contributed by atoms with Crippen molar-refractivity contribution in [3.63, 3.8) is 0 Å². The first kappa shape index (κ1) is 21.2. The molecule has 0 radical (unpaired) electrons. The third-order valence-electron chi connectivity index (χ3n) is 5.19. The second kappa shape index (κ2) is 9.40. The minimum atomic E-state index is -0.865. The number of nitrogens with zero attached hydrogens (tertiary/aromatic N) is 4. The first-order valence-corrected chi connectivity index (χ1v) is 10.3. The Hall–Kier alpha value is -4.05. The monoisotopic (exact) mass is 428 g/mol. The van der Waals surface area contributed by atoms with Crippen LogP contribution in [-0.4, -0.2) is 30.6 Å². The van der Waals surface area contributed by atoms with Crippen LogP contribution in [0.2, 0.25) is 0 Å². The summed E-state index contributed by atoms with van der Waals surface area (Å²) in [6, 6.07) is 13.6. The molecule has 0 aliphatic heterocycles. The highest BCUT2D eigenvalue weighted by Gasteiger charge is 2.13. The van der Waals surface area contributed by atoms with E-state index in [1.165, 1.54) is 0 Å². The van der Waals surface area contributed by atoms with Crippen LogP contribution in [0.3, 0.4) is 0 Å². The van der Waals surface area contributed by atoms with Gasteiger partial charge in [0, 0.05) is 24.2 Å². The summed E-state index contributed by atoms with van der Waals surface area (Å²) in [5.41, 5.74) is 4.04. The summed E-state index contributed by atoms with van der Waals surface area (Å²) >= 11 is 0. The largest absolute Gasteiger partial charge is 0.489 e. The predicted molar refractivity (Wildman–Crippen MR) is 121 cm³/mol. The molecule has 0 unspecified atom stereocenters. The summed E-state index contributed by atoms with van der Waals surface area (Å²) in [7, 11) is 1.90. The molecular weight excluding hydrogens is 404 g/mol. The quantitative estimate of drug-likeness (QED) is 0.429. The first-order chi connectivity index (χ1) is 15.5. The molecule has 4 rings (SSSR count). The molecule has 4 aromatic rings. The lowest BCUT2D eigenvalue weighted by atomic mass is 9.96. The summed E-state index contributed by atoms with van der Waals surface area (Å²) in [4.78, 5) is 11.1. The van der Waals surface area contributed by atoms with Crippen molar-refractivity contribution in [1.82, 2.24) is 19.6 Å². The Morgan fingerprint density at radius 3 is 2.62 bits per heavy atom. The van der Waals surface area contributed by atoms with E-state index in [0.717, 1.165) is 33.3 Å². The third kappa shape index (κ3) is 4.98. The normalized spacial score (nSPS) is 11.7. The minimum Gasteiger partial charge on any atom is -0.489 e. The zero-order valence-electron chi connectivity index (χ0n) is 18.0. The number of hydrogen-bond acceptors (Lipinski definition) is 4. The molecule has 1 atom stereocenters. The van der Waals surface area contributed by atoms with Gasteiger partial charge in [0.2, 0.25) is 0 Å². The lowest BCUT2D eigenvalue weighted by Gasteiger charge is -2.11. The summed E-state index contributed by atoms with van der Waals surface area (Å²) < 4.78 is 9.70. The minimum absolute atomic E-state index is 0.0201. The molecule has 0 aliphatic rings. The lowest BCUT2D eigenvalue weighted by Crippen LogP contribution is -2.04. The highest BCUT2D eigenvalue weighted by Crippen LogP contribution is 2.23. The molecule has 7 heteroatoms. The number of carbonyl (C=O) groups is 1. The summed E-state index contributed by atoms with van der Waals surface area (Å²) in [5.74, 6) is 5.30. The van der Waals surface area contributed by atoms with Crippen LogP contribution in [0.15, 0.2) is 61.1 Å². The Morgan fingerprint density at radius 1 is 1.12 bits per heavy atom. The number of carboxylic acids is 1. The highest BCUT2D eigenvalue weighted by atomic mass is 16.5. The molecular formula is C25H24N4O3. The van der Waals surface area contributed by atoms with Gasteiger partial charge in [-0.1, -0.05) is 30.2 Å². The molecule has 2 aromatic carbocycles. The van der Waals surface area contributed by atoms with Gasteiger partial charge in [0.25, 0.3) is 0 Å². The molecule has 1 N–H and O–H groups in total. The Labute approximate surface area is 186 Å². The van der Waals surface area contributed by atoms with E-state index in [1.807, 2.05) is 66.7 Å². The summed E-state index contributed by atoms with van der Waals surface area (Å²) in [6.45, 7) is 2.79. The van der Waals surface area contributed by atoms with Gasteiger partial charge in [0.05, 0.1) is 36.8 Å². The maximum absolute atomic E-state index is 11.1. The molecule has 2 aromatic heterocycles. The van der Waals surface area contributed by atoms with Gasteiger partial charge in [-0.05, 0) is 36.2 Å². The summed E-state index contributed by atoms with van der Waals surface area (Å²) in [5, 5.41) is 18.9. The van der Waals surface area contributed by atoms with Gasteiger partial charge in [-0.3, -0.25) is 14.2 Å². The van der Waals surface area contributed by atoms with Gasteiger partial charge in [-0.25, -0.2) is 0 Å². The molecule has 7 nitrogen and oxygen atoms in total. The Bertz CT molecular complexity index is 1290. The van der Waals surface area contributed by atoms with Crippen LogP contribution in [0.5, 0.6) is 5.75 Å². The number of aryl methyl sites for hydroxylation is 1. The van der Waals surface area contributed by atoms with Gasteiger partial charge in [0.1, 0.15) is 12.4 Å². The van der Waals surface area contributed by atoms with Crippen molar-refractivity contribution < 1.29 is 14.6 Å². The second-order valence-electron chi connectivity index (χ2n) is 7.62. The van der Waals surface area contributed by atoms with E-state index in [1.54, 1.807) is 11.6 Å². The Morgan fingerprint density at radius 2 is 1.94 bits per heavy atom. The average molecular weight is 428 g/mol. The number of rotatable bonds is 8. The van der Waals surface area contributed by atoms with Crippen LogP contribution in [0.25, 0.3) is 10.9 Å². The Kier molecular flexibility index (Phi) is 6.22. The molecule has 162 valence electrons. The zero-order chi connectivity index (χ0) is 22.5. The molecule has 0 fully saturated rings. The Balaban J connectivity index is 1.45. The van der Waals surface area contributed by atoms with Crippen molar-refractivity contribution in [3.05, 3.63) is 77.7 Å². The standard InChI is InChI=1S/C25H24N4O3/c1-3-4-21(12-25(30)31)20-7-9-23(10-8-20)32-17-18-5-6-22-14-27-29(24(22)11-18)16-19-13-26-28(2)15-19/h5-11,13-15,21H,12,16-17H2,1-2H3,(H,30,31)/t21-/m0/s1. The molecule has 0 spiro atoms. The van der Waals surface area contributed by atoms with E-state index in [4.69, 9.17) is 9.84 Å². The van der Waals surface area contributed by atoms with Crippen LogP contribution in [0, 0.1) is 11.8 Å². The highest BCUT2D eigenvalue weighted by molar-refractivity contribution is 5.79. The predicted octanol–water partition coefficient (Wildman–Crippen LogP) is 3.98. The number of aliphatic carboxylic acids is 1. The number of ether oxygens (including phenoxy) is 1. The maximum Gasteiger partial charge on any atom is 0.304 e. The fourth-order valence-corrected chi connectivity index (χ4v) is 3.62. The number of fused-ring (bicyclic) bond motifs is 1. The van der Waals surface area contributed by atoms with E-state index in [9.17, 15) is 4.79 Å². The fraction of sp³-hybridized carbons (Fsp3) is 0.240. The van der Waals surface area contributed by atoms with Crippen molar-refractivity contribution in [2.75, 3.05) is 0 Å². The van der Waals surface area contributed by atoms with Gasteiger partial charge in [0.15, 0.2) is 0 Å². The van der Waals surface area contributed by atoms with Crippen LogP contribution >= 0.6 is 0 Å². The molecule has 0 saturated carbocycles. The van der Waals surface area contributed by atoms with Crippen molar-refractivity contribution in [2.45, 2.75) is 32.4 Å². The smallest absolute Gasteiger partial charge is 0.304 e. The van der Waals surface area contributed by atoms with E-state index < -0.39 is 5.97 Å². The van der Waals surface area contributed by atoms with Crippen LogP contribution in [0.1, 0.15) is 36.0 Å². The SMILES string of the molecule is CC#C[C@@H](CC(=O)O)c1ccc(OCc2ccc3cnn(Cc4cnn(C)c4)c3c2)cc1. The van der Waals surface area contributed by atoms with Gasteiger partial charge in [-0.15, -0.1) is 5.92 Å². The number of benzene rings is 2. The average Bonchev–Trinajstić information content (AvgIpc) is 3.38. The zero-order valence-corrected chi connectivity index (χ0v) is 18.0. The molecule has 0 bridgehead atoms. The number of carboxylic acid groups (broad SMARTS) is 1. The van der Waals surface area contributed by atoms with Crippen LogP contribution < -0.4 is 4.74 Å². The van der Waals surface area contributed by atoms with Gasteiger partial charge >= 0.3 is 5.97 Å². The molecule has 2 heterocycles. The van der Waals surface area contributed by atoms with Crippen LogP contribution in [-0.2, 0) is 25.0 Å². The van der Waals surface area contributed by atoms with Crippen molar-refractivity contribution in [1.29, 1.82) is 0 Å². The molecule has 0 amide bonds. The number of hydrogen-bond donors (Lipinski definition) is 1. The fourth-order valence-electron chi connectivity index (χ4n) is 3.62. The van der Waals surface area contributed by atoms with Crippen molar-refractivity contribution >= 4 is 16.9 Å². The van der Waals surface area contributed by atoms with Crippen molar-refractivity contribution in [2.24, 2.45) is 7.05 Å². The topological polar surface area (TPSA) is 82.2 Å². The molecule has 32 heavy (non-hydrogen) atoms. The van der Waals surface area contributed by atoms with E-state index in [2.05, 4.69) is 28.1 Å². The van der Waals surface area contributed by atoms with Crippen molar-refractivity contribution in [3.8, 4) is 17.6 Å². The second-order valence-corrected chi connectivity index (χ2v) is 7.62. The van der Waals surface area contributed by atoms with Gasteiger partial charge < -0.3 is 9.84 Å². The maximum atomic E-state index is 11.1. The molecule has 0 saturated heterocycles. The van der Waals surface area contributed by atoms with E-state index in [0.29, 0.717) is 13.2 Å². The van der Waals surface area contributed by atoms with Crippen LogP contribution in [0.4, 0.5) is 0 Å². The lowest BCUT2D eigenvalue weighted by molar-refractivity contribution is -0.137. The van der Waals surface area contributed by atoms with E-state index in [-0.39, 0.29) is 12.3 Å².